The molecule has 0 spiro atoms. The minimum atomic E-state index is -0.354. The topological polar surface area (TPSA) is 48.0 Å². The quantitative estimate of drug-likeness (QED) is 0.729. The third kappa shape index (κ3) is 4.30. The van der Waals surface area contributed by atoms with Crippen molar-refractivity contribution in [3.8, 4) is 0 Å². The molecule has 0 amide bonds. The maximum absolute atomic E-state index is 11.9. The molecule has 5 nitrogen and oxygen atoms in total. The highest BCUT2D eigenvalue weighted by Crippen LogP contribution is 2.08. The number of morpholine rings is 1. The largest absolute Gasteiger partial charge is 0.468 e. The highest BCUT2D eigenvalue weighted by Gasteiger charge is 2.28. The number of nitrogens with zero attached hydrogens (tertiary/aromatic N) is 1. The highest BCUT2D eigenvalue weighted by molar-refractivity contribution is 5.75. The summed E-state index contributed by atoms with van der Waals surface area (Å²) in [5, 5.41) is 0. The van der Waals surface area contributed by atoms with Crippen molar-refractivity contribution < 1.29 is 19.0 Å². The Hall–Kier alpha value is -1.43. The zero-order valence-corrected chi connectivity index (χ0v) is 11.8. The molecule has 5 heteroatoms. The Labute approximate surface area is 119 Å². The summed E-state index contributed by atoms with van der Waals surface area (Å²) in [4.78, 5) is 13.9. The molecular formula is C15H21NO4. The summed E-state index contributed by atoms with van der Waals surface area (Å²) >= 11 is 0. The van der Waals surface area contributed by atoms with Crippen LogP contribution in [-0.4, -0.2) is 56.9 Å². The predicted octanol–water partition coefficient (Wildman–Crippen LogP) is 1.08. The second-order valence-electron chi connectivity index (χ2n) is 4.69. The number of hydrogen-bond acceptors (Lipinski definition) is 5. The van der Waals surface area contributed by atoms with Crippen molar-refractivity contribution in [3.63, 3.8) is 0 Å². The summed E-state index contributed by atoms with van der Waals surface area (Å²) in [6, 6.07) is 9.56. The van der Waals surface area contributed by atoms with E-state index < -0.39 is 0 Å². The van der Waals surface area contributed by atoms with Crippen molar-refractivity contribution in [3.05, 3.63) is 35.9 Å². The Morgan fingerprint density at radius 3 is 2.65 bits per heavy atom. The molecule has 1 aliphatic rings. The molecule has 1 heterocycles. The van der Waals surface area contributed by atoms with E-state index in [0.717, 1.165) is 18.7 Å². The van der Waals surface area contributed by atoms with Gasteiger partial charge in [0.15, 0.2) is 0 Å². The Balaban J connectivity index is 1.85. The zero-order valence-electron chi connectivity index (χ0n) is 11.8. The van der Waals surface area contributed by atoms with Crippen molar-refractivity contribution in [1.29, 1.82) is 0 Å². The second kappa shape index (κ2) is 7.99. The van der Waals surface area contributed by atoms with Gasteiger partial charge in [0, 0.05) is 13.1 Å². The summed E-state index contributed by atoms with van der Waals surface area (Å²) < 4.78 is 15.8. The molecule has 0 aliphatic carbocycles. The van der Waals surface area contributed by atoms with Crippen LogP contribution < -0.4 is 0 Å². The third-order valence-electron chi connectivity index (χ3n) is 3.35. The van der Waals surface area contributed by atoms with Crippen molar-refractivity contribution in [2.75, 3.05) is 40.0 Å². The van der Waals surface area contributed by atoms with Gasteiger partial charge in [-0.25, -0.2) is 0 Å². The Morgan fingerprint density at radius 2 is 2.00 bits per heavy atom. The van der Waals surface area contributed by atoms with E-state index in [1.54, 1.807) is 0 Å². The van der Waals surface area contributed by atoms with Crippen LogP contribution >= 0.6 is 0 Å². The van der Waals surface area contributed by atoms with Crippen LogP contribution in [0.3, 0.4) is 0 Å². The predicted molar refractivity (Wildman–Crippen MR) is 74.3 cm³/mol. The molecule has 2 rings (SSSR count). The fraction of sp³-hybridized carbons (Fsp3) is 0.533. The number of carbonyl (C=O) groups excluding carboxylic acids is 1. The molecule has 20 heavy (non-hydrogen) atoms. The smallest absolute Gasteiger partial charge is 0.325 e. The van der Waals surface area contributed by atoms with Crippen LogP contribution in [0.2, 0.25) is 0 Å². The normalized spacial score (nSPS) is 17.6. The van der Waals surface area contributed by atoms with Gasteiger partial charge in [-0.15, -0.1) is 0 Å². The summed E-state index contributed by atoms with van der Waals surface area (Å²) in [5.74, 6) is -0.250. The maximum Gasteiger partial charge on any atom is 0.325 e. The van der Waals surface area contributed by atoms with Crippen LogP contribution in [0.5, 0.6) is 0 Å². The summed E-state index contributed by atoms with van der Waals surface area (Å²) in [6.07, 6.45) is 0. The third-order valence-corrected chi connectivity index (χ3v) is 3.35. The van der Waals surface area contributed by atoms with Gasteiger partial charge in [0.05, 0.1) is 33.5 Å². The van der Waals surface area contributed by atoms with Crippen LogP contribution in [0.15, 0.2) is 30.3 Å². The summed E-state index contributed by atoms with van der Waals surface area (Å²) in [7, 11) is 1.41. The van der Waals surface area contributed by atoms with Crippen molar-refractivity contribution >= 4 is 5.97 Å². The van der Waals surface area contributed by atoms with Gasteiger partial charge in [-0.3, -0.25) is 9.69 Å². The van der Waals surface area contributed by atoms with Crippen LogP contribution in [-0.2, 0) is 25.6 Å². The Morgan fingerprint density at radius 1 is 1.30 bits per heavy atom. The number of esters is 1. The van der Waals surface area contributed by atoms with E-state index in [2.05, 4.69) is 4.90 Å². The van der Waals surface area contributed by atoms with Gasteiger partial charge in [-0.1, -0.05) is 30.3 Å². The molecular weight excluding hydrogens is 258 g/mol. The Kier molecular flexibility index (Phi) is 5.98. The van der Waals surface area contributed by atoms with Crippen molar-refractivity contribution in [2.45, 2.75) is 12.6 Å². The first kappa shape index (κ1) is 15.0. The van der Waals surface area contributed by atoms with Crippen LogP contribution in [0.25, 0.3) is 0 Å². The van der Waals surface area contributed by atoms with E-state index in [-0.39, 0.29) is 12.0 Å². The molecule has 0 N–H and O–H groups in total. The molecule has 1 aromatic rings. The molecule has 0 bridgehead atoms. The lowest BCUT2D eigenvalue weighted by atomic mass is 10.2. The van der Waals surface area contributed by atoms with E-state index >= 15 is 0 Å². The first-order valence-corrected chi connectivity index (χ1v) is 6.82. The number of rotatable bonds is 6. The zero-order chi connectivity index (χ0) is 14.2. The minimum Gasteiger partial charge on any atom is -0.468 e. The lowest BCUT2D eigenvalue weighted by molar-refractivity contribution is -0.151. The highest BCUT2D eigenvalue weighted by atomic mass is 16.5. The SMILES string of the molecule is COC(=O)C(COCc1ccccc1)N1CCOCC1. The maximum atomic E-state index is 11.9. The first-order valence-electron chi connectivity index (χ1n) is 6.82. The summed E-state index contributed by atoms with van der Waals surface area (Å²) in [6.45, 7) is 3.58. The monoisotopic (exact) mass is 279 g/mol. The molecule has 1 aromatic carbocycles. The molecule has 0 saturated carbocycles. The fourth-order valence-electron chi connectivity index (χ4n) is 2.21. The van der Waals surface area contributed by atoms with E-state index in [4.69, 9.17) is 14.2 Å². The molecule has 1 atom stereocenters. The van der Waals surface area contributed by atoms with E-state index in [1.165, 1.54) is 7.11 Å². The van der Waals surface area contributed by atoms with Crippen LogP contribution in [0, 0.1) is 0 Å². The number of hydrogen-bond donors (Lipinski definition) is 0. The first-order chi connectivity index (χ1) is 9.81. The van der Waals surface area contributed by atoms with Crippen molar-refractivity contribution in [2.24, 2.45) is 0 Å². The number of ether oxygens (including phenoxy) is 3. The lowest BCUT2D eigenvalue weighted by Crippen LogP contribution is -2.50. The van der Waals surface area contributed by atoms with Gasteiger partial charge >= 0.3 is 5.97 Å². The Bertz CT molecular complexity index is 404. The standard InChI is InChI=1S/C15H21NO4/c1-18-15(17)14(16-7-9-19-10-8-16)12-20-11-13-5-3-2-4-6-13/h2-6,14H,7-12H2,1H3. The fourth-order valence-corrected chi connectivity index (χ4v) is 2.21. The van der Waals surface area contributed by atoms with E-state index in [0.29, 0.717) is 26.4 Å². The lowest BCUT2D eigenvalue weighted by Gasteiger charge is -2.32. The number of methoxy groups -OCH3 is 1. The molecule has 0 aromatic heterocycles. The minimum absolute atomic E-state index is 0.250. The molecule has 110 valence electrons. The van der Waals surface area contributed by atoms with Gasteiger partial charge in [-0.2, -0.15) is 0 Å². The van der Waals surface area contributed by atoms with Crippen LogP contribution in [0.4, 0.5) is 0 Å². The van der Waals surface area contributed by atoms with Crippen LogP contribution in [0.1, 0.15) is 5.56 Å². The summed E-state index contributed by atoms with van der Waals surface area (Å²) in [5.41, 5.74) is 1.10. The van der Waals surface area contributed by atoms with E-state index in [1.807, 2.05) is 30.3 Å². The number of benzene rings is 1. The van der Waals surface area contributed by atoms with Gasteiger partial charge in [0.1, 0.15) is 6.04 Å². The molecule has 0 radical (unpaired) electrons. The molecule has 1 fully saturated rings. The second-order valence-corrected chi connectivity index (χ2v) is 4.69. The van der Waals surface area contributed by atoms with Gasteiger partial charge in [0.25, 0.3) is 0 Å². The average molecular weight is 279 g/mol. The molecule has 1 unspecified atom stereocenters. The number of carbonyl (C=O) groups is 1. The molecule has 1 saturated heterocycles. The van der Waals surface area contributed by atoms with Gasteiger partial charge in [0.2, 0.25) is 0 Å². The van der Waals surface area contributed by atoms with E-state index in [9.17, 15) is 4.79 Å². The average Bonchev–Trinajstić information content (AvgIpc) is 2.53. The van der Waals surface area contributed by atoms with Crippen molar-refractivity contribution in [1.82, 2.24) is 4.90 Å². The van der Waals surface area contributed by atoms with Gasteiger partial charge < -0.3 is 14.2 Å². The van der Waals surface area contributed by atoms with Gasteiger partial charge in [-0.05, 0) is 5.56 Å². The molecule has 1 aliphatic heterocycles.